The zero-order valence-corrected chi connectivity index (χ0v) is 11.0. The number of hydrogen-bond acceptors (Lipinski definition) is 4. The maximum atomic E-state index is 4.73. The molecule has 100 valence electrons. The van der Waals surface area contributed by atoms with E-state index in [1.807, 2.05) is 12.3 Å². The van der Waals surface area contributed by atoms with Crippen LogP contribution in [0.4, 0.5) is 5.82 Å². The number of hydrogen-bond donors (Lipinski definition) is 2. The summed E-state index contributed by atoms with van der Waals surface area (Å²) in [5.74, 6) is 1.86. The fraction of sp³-hybridized carbons (Fsp3) is 0.571. The van der Waals surface area contributed by atoms with Crippen LogP contribution in [0.25, 0.3) is 11.0 Å². The highest BCUT2D eigenvalue weighted by molar-refractivity contribution is 5.87. The molecule has 2 unspecified atom stereocenters. The summed E-state index contributed by atoms with van der Waals surface area (Å²) in [6.45, 7) is 3.32. The topological polar surface area (TPSA) is 54.8 Å². The molecule has 2 aromatic heterocycles. The van der Waals surface area contributed by atoms with Crippen LogP contribution in [-0.4, -0.2) is 34.4 Å². The molecule has 2 aliphatic heterocycles. The first-order valence-corrected chi connectivity index (χ1v) is 7.21. The summed E-state index contributed by atoms with van der Waals surface area (Å²) >= 11 is 0. The van der Waals surface area contributed by atoms with Gasteiger partial charge in [-0.05, 0) is 50.4 Å². The summed E-state index contributed by atoms with van der Waals surface area (Å²) in [5, 5.41) is 12.9. The number of anilines is 1. The predicted molar refractivity (Wildman–Crippen MR) is 75.3 cm³/mol. The Morgan fingerprint density at radius 2 is 2.26 bits per heavy atom. The summed E-state index contributed by atoms with van der Waals surface area (Å²) in [7, 11) is 0. The van der Waals surface area contributed by atoms with Crippen LogP contribution in [0.3, 0.4) is 0 Å². The largest absolute Gasteiger partial charge is 0.370 e. The highest BCUT2D eigenvalue weighted by Gasteiger charge is 2.30. The normalized spacial score (nSPS) is 26.9. The lowest BCUT2D eigenvalue weighted by Gasteiger charge is -2.34. The zero-order chi connectivity index (χ0) is 12.7. The second-order valence-electron chi connectivity index (χ2n) is 5.56. The van der Waals surface area contributed by atoms with Crippen molar-refractivity contribution in [1.29, 1.82) is 0 Å². The minimum absolute atomic E-state index is 0.512. The molecule has 0 spiro atoms. The molecule has 1 fully saturated rings. The predicted octanol–water partition coefficient (Wildman–Crippen LogP) is 1.79. The van der Waals surface area contributed by atoms with E-state index in [2.05, 4.69) is 26.4 Å². The summed E-state index contributed by atoms with van der Waals surface area (Å²) < 4.78 is 2.19. The SMILES string of the molecule is c1cnc2nn3c(c2c1)NCCC3C1CCCNC1. The van der Waals surface area contributed by atoms with E-state index >= 15 is 0 Å². The van der Waals surface area contributed by atoms with Crippen LogP contribution in [0.1, 0.15) is 25.3 Å². The molecular weight excluding hydrogens is 238 g/mol. The number of nitrogens with zero attached hydrogens (tertiary/aromatic N) is 3. The Morgan fingerprint density at radius 3 is 3.16 bits per heavy atom. The molecule has 1 saturated heterocycles. The first-order chi connectivity index (χ1) is 9.43. The first kappa shape index (κ1) is 11.2. The quantitative estimate of drug-likeness (QED) is 0.818. The smallest absolute Gasteiger partial charge is 0.183 e. The molecule has 5 heteroatoms. The molecular formula is C14H19N5. The van der Waals surface area contributed by atoms with Gasteiger partial charge in [-0.3, -0.25) is 0 Å². The van der Waals surface area contributed by atoms with Gasteiger partial charge in [0, 0.05) is 12.7 Å². The molecule has 0 saturated carbocycles. The van der Waals surface area contributed by atoms with Gasteiger partial charge in [-0.1, -0.05) is 0 Å². The Bertz CT molecular complexity index is 585. The zero-order valence-electron chi connectivity index (χ0n) is 11.0. The Balaban J connectivity index is 1.77. The Morgan fingerprint density at radius 1 is 1.26 bits per heavy atom. The molecule has 0 amide bonds. The Kier molecular flexibility index (Phi) is 2.65. The van der Waals surface area contributed by atoms with E-state index in [4.69, 9.17) is 5.10 Å². The van der Waals surface area contributed by atoms with E-state index in [0.29, 0.717) is 12.0 Å². The number of aromatic nitrogens is 3. The highest BCUT2D eigenvalue weighted by Crippen LogP contribution is 2.35. The Hall–Kier alpha value is -1.62. The fourth-order valence-electron chi connectivity index (χ4n) is 3.46. The first-order valence-electron chi connectivity index (χ1n) is 7.21. The third-order valence-electron chi connectivity index (χ3n) is 4.40. The van der Waals surface area contributed by atoms with Gasteiger partial charge in [0.1, 0.15) is 5.82 Å². The van der Waals surface area contributed by atoms with Crippen molar-refractivity contribution in [3.05, 3.63) is 18.3 Å². The monoisotopic (exact) mass is 257 g/mol. The molecule has 19 heavy (non-hydrogen) atoms. The number of rotatable bonds is 1. The average molecular weight is 257 g/mol. The standard InChI is InChI=1S/C14H19N5/c1-3-10(9-15-6-1)12-5-8-17-14-11-4-2-7-16-13(11)18-19(12)14/h2,4,7,10,12,15,17H,1,3,5-6,8-9H2. The maximum Gasteiger partial charge on any atom is 0.183 e. The van der Waals surface area contributed by atoms with Crippen LogP contribution in [0.2, 0.25) is 0 Å². The van der Waals surface area contributed by atoms with Gasteiger partial charge in [0.15, 0.2) is 5.65 Å². The summed E-state index contributed by atoms with van der Waals surface area (Å²) in [4.78, 5) is 4.38. The van der Waals surface area contributed by atoms with Gasteiger partial charge < -0.3 is 10.6 Å². The maximum absolute atomic E-state index is 4.73. The lowest BCUT2D eigenvalue weighted by molar-refractivity contribution is 0.236. The number of fused-ring (bicyclic) bond motifs is 3. The lowest BCUT2D eigenvalue weighted by Crippen LogP contribution is -2.38. The van der Waals surface area contributed by atoms with Crippen molar-refractivity contribution in [3.63, 3.8) is 0 Å². The van der Waals surface area contributed by atoms with Crippen molar-refractivity contribution in [3.8, 4) is 0 Å². The average Bonchev–Trinajstić information content (AvgIpc) is 2.87. The molecule has 2 atom stereocenters. The van der Waals surface area contributed by atoms with Gasteiger partial charge >= 0.3 is 0 Å². The van der Waals surface area contributed by atoms with Crippen molar-refractivity contribution in [2.75, 3.05) is 25.0 Å². The highest BCUT2D eigenvalue weighted by atomic mass is 15.4. The molecule has 2 N–H and O–H groups in total. The van der Waals surface area contributed by atoms with Crippen molar-refractivity contribution in [2.45, 2.75) is 25.3 Å². The van der Waals surface area contributed by atoms with Gasteiger partial charge in [-0.2, -0.15) is 5.10 Å². The molecule has 0 aromatic carbocycles. The second kappa shape index (κ2) is 4.49. The molecule has 4 heterocycles. The van der Waals surface area contributed by atoms with E-state index in [-0.39, 0.29) is 0 Å². The summed E-state index contributed by atoms with van der Waals surface area (Å²) in [6.07, 6.45) is 5.57. The van der Waals surface area contributed by atoms with Crippen LogP contribution in [0, 0.1) is 5.92 Å². The van der Waals surface area contributed by atoms with Crippen molar-refractivity contribution >= 4 is 16.9 Å². The molecule has 5 nitrogen and oxygen atoms in total. The van der Waals surface area contributed by atoms with Gasteiger partial charge in [0.2, 0.25) is 0 Å². The van der Waals surface area contributed by atoms with Crippen LogP contribution in [-0.2, 0) is 0 Å². The minimum atomic E-state index is 0.512. The van der Waals surface area contributed by atoms with Crippen molar-refractivity contribution < 1.29 is 0 Å². The van der Waals surface area contributed by atoms with Crippen LogP contribution >= 0.6 is 0 Å². The van der Waals surface area contributed by atoms with Gasteiger partial charge in [0.25, 0.3) is 0 Å². The third kappa shape index (κ3) is 1.80. The fourth-order valence-corrected chi connectivity index (χ4v) is 3.46. The molecule has 4 rings (SSSR count). The lowest BCUT2D eigenvalue weighted by atomic mass is 9.89. The van der Waals surface area contributed by atoms with E-state index < -0.39 is 0 Å². The van der Waals surface area contributed by atoms with Crippen molar-refractivity contribution in [2.24, 2.45) is 5.92 Å². The number of nitrogens with one attached hydrogen (secondary N) is 2. The van der Waals surface area contributed by atoms with Crippen LogP contribution < -0.4 is 10.6 Å². The molecule has 0 radical (unpaired) electrons. The minimum Gasteiger partial charge on any atom is -0.370 e. The molecule has 0 aliphatic carbocycles. The van der Waals surface area contributed by atoms with E-state index in [1.165, 1.54) is 12.8 Å². The van der Waals surface area contributed by atoms with Crippen LogP contribution in [0.5, 0.6) is 0 Å². The molecule has 2 aliphatic rings. The summed E-state index contributed by atoms with van der Waals surface area (Å²) in [5.41, 5.74) is 0.862. The summed E-state index contributed by atoms with van der Waals surface area (Å²) in [6, 6.07) is 4.60. The number of pyridine rings is 1. The second-order valence-corrected chi connectivity index (χ2v) is 5.56. The third-order valence-corrected chi connectivity index (χ3v) is 4.40. The van der Waals surface area contributed by atoms with E-state index in [9.17, 15) is 0 Å². The number of piperidine rings is 1. The molecule has 2 aromatic rings. The van der Waals surface area contributed by atoms with E-state index in [1.54, 1.807) is 0 Å². The van der Waals surface area contributed by atoms with Gasteiger partial charge in [0.05, 0.1) is 11.4 Å². The Labute approximate surface area is 112 Å². The van der Waals surface area contributed by atoms with Gasteiger partial charge in [-0.15, -0.1) is 0 Å². The molecule has 0 bridgehead atoms. The van der Waals surface area contributed by atoms with E-state index in [0.717, 1.165) is 42.9 Å². The van der Waals surface area contributed by atoms with Crippen molar-refractivity contribution in [1.82, 2.24) is 20.1 Å². The van der Waals surface area contributed by atoms with Crippen LogP contribution in [0.15, 0.2) is 18.3 Å². The van der Waals surface area contributed by atoms with Gasteiger partial charge in [-0.25, -0.2) is 9.67 Å².